The molecule has 1 atom stereocenters. The summed E-state index contributed by atoms with van der Waals surface area (Å²) in [5.41, 5.74) is 1.04. The minimum atomic E-state index is -0.0192. The Morgan fingerprint density at radius 2 is 2.05 bits per heavy atom. The van der Waals surface area contributed by atoms with Gasteiger partial charge in [0.2, 0.25) is 5.91 Å². The number of carbonyl (C=O) groups excluding carboxylic acids is 1. The van der Waals surface area contributed by atoms with Crippen molar-refractivity contribution in [3.8, 4) is 5.75 Å². The number of benzene rings is 1. The third-order valence-corrected chi connectivity index (χ3v) is 2.99. The normalized spacial score (nSPS) is 11.4. The number of amides is 1. The smallest absolute Gasteiger partial charge is 0.226 e. The first-order valence-corrected chi connectivity index (χ1v) is 6.70. The van der Waals surface area contributed by atoms with Crippen molar-refractivity contribution in [1.29, 1.82) is 0 Å². The minimum absolute atomic E-state index is 0. The van der Waals surface area contributed by atoms with E-state index in [0.29, 0.717) is 19.7 Å². The van der Waals surface area contributed by atoms with E-state index in [-0.39, 0.29) is 24.2 Å². The maximum absolute atomic E-state index is 12.2. The molecule has 0 saturated heterocycles. The maximum Gasteiger partial charge on any atom is 0.226 e. The van der Waals surface area contributed by atoms with Crippen molar-refractivity contribution in [1.82, 2.24) is 10.2 Å². The Morgan fingerprint density at radius 3 is 2.65 bits per heavy atom. The number of hydrogen-bond acceptors (Lipinski definition) is 3. The first-order valence-electron chi connectivity index (χ1n) is 6.70. The van der Waals surface area contributed by atoms with Gasteiger partial charge in [-0.2, -0.15) is 0 Å². The SMILES string of the molecule is CCOc1ccccc1CN(C)C(=O)C(C)CNC.Cl. The fourth-order valence-corrected chi connectivity index (χ4v) is 2.03. The summed E-state index contributed by atoms with van der Waals surface area (Å²) in [5, 5.41) is 3.03. The highest BCUT2D eigenvalue weighted by atomic mass is 35.5. The largest absolute Gasteiger partial charge is 0.494 e. The van der Waals surface area contributed by atoms with Crippen molar-refractivity contribution in [2.45, 2.75) is 20.4 Å². The Bertz CT molecular complexity index is 413. The highest BCUT2D eigenvalue weighted by molar-refractivity contribution is 5.85. The van der Waals surface area contributed by atoms with Gasteiger partial charge >= 0.3 is 0 Å². The predicted octanol–water partition coefficient (Wildman–Crippen LogP) is 2.32. The molecule has 1 aromatic carbocycles. The van der Waals surface area contributed by atoms with Gasteiger partial charge in [-0.3, -0.25) is 4.79 Å². The molecule has 1 unspecified atom stereocenters. The number of para-hydroxylation sites is 1. The number of carbonyl (C=O) groups is 1. The summed E-state index contributed by atoms with van der Waals surface area (Å²) >= 11 is 0. The van der Waals surface area contributed by atoms with E-state index in [1.807, 2.05) is 52.2 Å². The number of nitrogens with zero attached hydrogens (tertiary/aromatic N) is 1. The summed E-state index contributed by atoms with van der Waals surface area (Å²) in [6, 6.07) is 7.85. The fraction of sp³-hybridized carbons (Fsp3) is 0.533. The molecule has 0 aromatic heterocycles. The van der Waals surface area contributed by atoms with Crippen molar-refractivity contribution in [3.63, 3.8) is 0 Å². The molecule has 0 aliphatic carbocycles. The molecular weight excluding hydrogens is 276 g/mol. The second-order valence-electron chi connectivity index (χ2n) is 4.69. The molecule has 5 heteroatoms. The second-order valence-corrected chi connectivity index (χ2v) is 4.69. The quantitative estimate of drug-likeness (QED) is 0.840. The zero-order chi connectivity index (χ0) is 14.3. The second kappa shape index (κ2) is 9.61. The van der Waals surface area contributed by atoms with Gasteiger partial charge in [0.1, 0.15) is 5.75 Å². The van der Waals surface area contributed by atoms with Gasteiger partial charge in [0, 0.05) is 31.6 Å². The van der Waals surface area contributed by atoms with Crippen LogP contribution in [-0.4, -0.2) is 38.1 Å². The molecule has 0 fully saturated rings. The van der Waals surface area contributed by atoms with Crippen LogP contribution in [0.2, 0.25) is 0 Å². The summed E-state index contributed by atoms with van der Waals surface area (Å²) in [7, 11) is 3.69. The monoisotopic (exact) mass is 300 g/mol. The standard InChI is InChI=1S/C15H24N2O2.ClH/c1-5-19-14-9-7-6-8-13(14)11-17(4)15(18)12(2)10-16-3;/h6-9,12,16H,5,10-11H2,1-4H3;1H. The van der Waals surface area contributed by atoms with Crippen molar-refractivity contribution in [3.05, 3.63) is 29.8 Å². The minimum Gasteiger partial charge on any atom is -0.494 e. The average molecular weight is 301 g/mol. The Balaban J connectivity index is 0.00000361. The van der Waals surface area contributed by atoms with Crippen LogP contribution in [0.4, 0.5) is 0 Å². The number of ether oxygens (including phenoxy) is 1. The van der Waals surface area contributed by atoms with E-state index in [1.54, 1.807) is 4.90 Å². The van der Waals surface area contributed by atoms with Crippen LogP contribution in [-0.2, 0) is 11.3 Å². The van der Waals surface area contributed by atoms with Crippen LogP contribution in [0.25, 0.3) is 0 Å². The third-order valence-electron chi connectivity index (χ3n) is 2.99. The lowest BCUT2D eigenvalue weighted by Gasteiger charge is -2.22. The number of rotatable bonds is 7. The molecule has 114 valence electrons. The molecule has 4 nitrogen and oxygen atoms in total. The lowest BCUT2D eigenvalue weighted by atomic mass is 10.1. The molecule has 0 aliphatic rings. The van der Waals surface area contributed by atoms with Crippen LogP contribution >= 0.6 is 12.4 Å². The molecule has 0 heterocycles. The third kappa shape index (κ3) is 5.39. The lowest BCUT2D eigenvalue weighted by molar-refractivity contribution is -0.134. The van der Waals surface area contributed by atoms with Crippen LogP contribution in [0, 0.1) is 5.92 Å². The highest BCUT2D eigenvalue weighted by Gasteiger charge is 2.17. The predicted molar refractivity (Wildman–Crippen MR) is 84.4 cm³/mol. The Kier molecular flexibility index (Phi) is 9.01. The maximum atomic E-state index is 12.2. The van der Waals surface area contributed by atoms with Gasteiger partial charge in [-0.1, -0.05) is 25.1 Å². The van der Waals surface area contributed by atoms with Crippen molar-refractivity contribution < 1.29 is 9.53 Å². The first kappa shape index (κ1) is 18.7. The van der Waals surface area contributed by atoms with E-state index in [4.69, 9.17) is 4.74 Å². The summed E-state index contributed by atoms with van der Waals surface area (Å²) in [5.74, 6) is 0.973. The molecule has 20 heavy (non-hydrogen) atoms. The van der Waals surface area contributed by atoms with E-state index in [2.05, 4.69) is 5.32 Å². The van der Waals surface area contributed by atoms with E-state index in [9.17, 15) is 4.79 Å². The zero-order valence-electron chi connectivity index (χ0n) is 12.7. The lowest BCUT2D eigenvalue weighted by Crippen LogP contribution is -2.35. The zero-order valence-corrected chi connectivity index (χ0v) is 13.5. The summed E-state index contributed by atoms with van der Waals surface area (Å²) < 4.78 is 5.58. The molecule has 1 aromatic rings. The Hall–Kier alpha value is -1.26. The topological polar surface area (TPSA) is 41.6 Å². The Labute approximate surface area is 127 Å². The molecule has 0 radical (unpaired) electrons. The molecule has 0 spiro atoms. The van der Waals surface area contributed by atoms with Gasteiger partial charge < -0.3 is 15.0 Å². The molecule has 0 bridgehead atoms. The van der Waals surface area contributed by atoms with Crippen molar-refractivity contribution in [2.24, 2.45) is 5.92 Å². The fourth-order valence-electron chi connectivity index (χ4n) is 2.03. The molecule has 1 amide bonds. The Morgan fingerprint density at radius 1 is 1.40 bits per heavy atom. The van der Waals surface area contributed by atoms with Crippen LogP contribution in [0.5, 0.6) is 5.75 Å². The van der Waals surface area contributed by atoms with Gasteiger partial charge in [0.15, 0.2) is 0 Å². The molecule has 0 aliphatic heterocycles. The van der Waals surface area contributed by atoms with Gasteiger partial charge in [0.05, 0.1) is 6.61 Å². The molecular formula is C15H25ClN2O2. The first-order chi connectivity index (χ1) is 9.10. The van der Waals surface area contributed by atoms with E-state index >= 15 is 0 Å². The highest BCUT2D eigenvalue weighted by Crippen LogP contribution is 2.20. The molecule has 1 N–H and O–H groups in total. The van der Waals surface area contributed by atoms with Gasteiger partial charge in [-0.15, -0.1) is 12.4 Å². The van der Waals surface area contributed by atoms with Crippen LogP contribution in [0.1, 0.15) is 19.4 Å². The van der Waals surface area contributed by atoms with Crippen LogP contribution in [0.3, 0.4) is 0 Å². The van der Waals surface area contributed by atoms with Gasteiger partial charge in [-0.25, -0.2) is 0 Å². The number of hydrogen-bond donors (Lipinski definition) is 1. The summed E-state index contributed by atoms with van der Waals surface area (Å²) in [4.78, 5) is 13.9. The van der Waals surface area contributed by atoms with Crippen molar-refractivity contribution in [2.75, 3.05) is 27.2 Å². The van der Waals surface area contributed by atoms with E-state index in [0.717, 1.165) is 11.3 Å². The van der Waals surface area contributed by atoms with Crippen LogP contribution < -0.4 is 10.1 Å². The number of halogens is 1. The molecule has 1 rings (SSSR count). The van der Waals surface area contributed by atoms with E-state index in [1.165, 1.54) is 0 Å². The van der Waals surface area contributed by atoms with E-state index < -0.39 is 0 Å². The van der Waals surface area contributed by atoms with Crippen molar-refractivity contribution >= 4 is 18.3 Å². The molecule has 0 saturated carbocycles. The van der Waals surface area contributed by atoms with Gasteiger partial charge in [0.25, 0.3) is 0 Å². The summed E-state index contributed by atoms with van der Waals surface area (Å²) in [6.45, 7) is 5.79. The average Bonchev–Trinajstić information content (AvgIpc) is 2.40. The number of nitrogens with one attached hydrogen (secondary N) is 1. The van der Waals surface area contributed by atoms with Crippen LogP contribution in [0.15, 0.2) is 24.3 Å². The van der Waals surface area contributed by atoms with Gasteiger partial charge in [-0.05, 0) is 20.0 Å². The summed E-state index contributed by atoms with van der Waals surface area (Å²) in [6.07, 6.45) is 0.